The van der Waals surface area contributed by atoms with Gasteiger partial charge in [-0.15, -0.1) is 0 Å². The molecule has 3 rings (SSSR count). The first-order valence-corrected chi connectivity index (χ1v) is 9.65. The topological polar surface area (TPSA) is 105 Å². The number of halogens is 3. The van der Waals surface area contributed by atoms with Crippen molar-refractivity contribution in [1.82, 2.24) is 15.0 Å². The summed E-state index contributed by atoms with van der Waals surface area (Å²) in [6.45, 7) is 4.94. The number of carbonyl (C=O) groups is 1. The van der Waals surface area contributed by atoms with Crippen molar-refractivity contribution in [3.05, 3.63) is 51.4 Å². The van der Waals surface area contributed by atoms with Gasteiger partial charge in [0.2, 0.25) is 5.91 Å². The maximum Gasteiger partial charge on any atom is 0.416 e. The molecule has 0 unspecified atom stereocenters. The fourth-order valence-electron chi connectivity index (χ4n) is 3.34. The zero-order valence-corrected chi connectivity index (χ0v) is 16.8. The van der Waals surface area contributed by atoms with Crippen LogP contribution in [-0.2, 0) is 17.5 Å². The number of hydrogen-bond donors (Lipinski definition) is 1. The lowest BCUT2D eigenvalue weighted by Gasteiger charge is -2.34. The number of rotatable bonds is 7. The van der Waals surface area contributed by atoms with Gasteiger partial charge >= 0.3 is 6.18 Å². The largest absolute Gasteiger partial charge is 0.416 e. The highest BCUT2D eigenvalue weighted by molar-refractivity contribution is 5.77. The number of piperazine rings is 1. The lowest BCUT2D eigenvalue weighted by Crippen LogP contribution is -2.48. The van der Waals surface area contributed by atoms with Crippen LogP contribution in [0.15, 0.2) is 28.8 Å². The highest BCUT2D eigenvalue weighted by atomic mass is 19.4. The molecule has 0 aliphatic carbocycles. The standard InChI is InChI=1S/C19H22F3N5O4/c1-13-10-15(31-24-13)12-25-6-8-26(9-7-25)18(28)4-5-23-16-3-2-14(19(20,21)22)11-17(16)27(29)30/h2-3,10-11,23H,4-9,12H2,1H3. The minimum Gasteiger partial charge on any atom is -0.379 e. The van der Waals surface area contributed by atoms with Crippen LogP contribution in [-0.4, -0.2) is 58.5 Å². The van der Waals surface area contributed by atoms with E-state index in [1.54, 1.807) is 4.90 Å². The summed E-state index contributed by atoms with van der Waals surface area (Å²) in [6, 6.07) is 4.13. The van der Waals surface area contributed by atoms with Gasteiger partial charge in [0, 0.05) is 51.3 Å². The van der Waals surface area contributed by atoms with Crippen molar-refractivity contribution in [2.45, 2.75) is 26.1 Å². The molecule has 168 valence electrons. The molecule has 1 aromatic carbocycles. The van der Waals surface area contributed by atoms with Gasteiger partial charge in [0.25, 0.3) is 5.69 Å². The maximum atomic E-state index is 12.8. The number of anilines is 1. The number of hydrogen-bond acceptors (Lipinski definition) is 7. The number of benzene rings is 1. The molecular formula is C19H22F3N5O4. The van der Waals surface area contributed by atoms with Crippen LogP contribution in [0.1, 0.15) is 23.4 Å². The minimum atomic E-state index is -4.67. The van der Waals surface area contributed by atoms with Crippen molar-refractivity contribution in [2.75, 3.05) is 38.0 Å². The molecule has 31 heavy (non-hydrogen) atoms. The predicted molar refractivity (Wildman–Crippen MR) is 104 cm³/mol. The van der Waals surface area contributed by atoms with E-state index in [0.29, 0.717) is 38.8 Å². The van der Waals surface area contributed by atoms with Gasteiger partial charge in [-0.2, -0.15) is 13.2 Å². The first kappa shape index (κ1) is 22.5. The summed E-state index contributed by atoms with van der Waals surface area (Å²) in [5.41, 5.74) is -1.03. The van der Waals surface area contributed by atoms with E-state index in [2.05, 4.69) is 15.4 Å². The Labute approximate surface area is 175 Å². The second kappa shape index (κ2) is 9.33. The van der Waals surface area contributed by atoms with E-state index in [9.17, 15) is 28.1 Å². The van der Waals surface area contributed by atoms with Gasteiger partial charge in [0.1, 0.15) is 5.69 Å². The summed E-state index contributed by atoms with van der Waals surface area (Å²) in [7, 11) is 0. The summed E-state index contributed by atoms with van der Waals surface area (Å²) in [5.74, 6) is 0.636. The van der Waals surface area contributed by atoms with Crippen molar-refractivity contribution < 1.29 is 27.4 Å². The molecule has 1 fully saturated rings. The molecule has 1 aliphatic rings. The van der Waals surface area contributed by atoms with E-state index in [1.807, 2.05) is 13.0 Å². The Morgan fingerprint density at radius 2 is 1.97 bits per heavy atom. The first-order valence-electron chi connectivity index (χ1n) is 9.65. The van der Waals surface area contributed by atoms with Crippen LogP contribution >= 0.6 is 0 Å². The smallest absolute Gasteiger partial charge is 0.379 e. The van der Waals surface area contributed by atoms with Crippen LogP contribution < -0.4 is 5.32 Å². The molecule has 0 saturated carbocycles. The third-order valence-corrected chi connectivity index (χ3v) is 4.96. The van der Waals surface area contributed by atoms with Crippen LogP contribution in [0.25, 0.3) is 0 Å². The molecule has 1 amide bonds. The van der Waals surface area contributed by atoms with Crippen molar-refractivity contribution in [3.8, 4) is 0 Å². The van der Waals surface area contributed by atoms with Crippen molar-refractivity contribution >= 4 is 17.3 Å². The summed E-state index contributed by atoms with van der Waals surface area (Å²) < 4.78 is 43.5. The Bertz CT molecular complexity index is 939. The van der Waals surface area contributed by atoms with E-state index in [4.69, 9.17) is 4.52 Å². The van der Waals surface area contributed by atoms with Crippen LogP contribution in [0.2, 0.25) is 0 Å². The molecule has 0 spiro atoms. The number of nitrogens with one attached hydrogen (secondary N) is 1. The normalized spacial score (nSPS) is 15.2. The summed E-state index contributed by atoms with van der Waals surface area (Å²) >= 11 is 0. The average Bonchev–Trinajstić information content (AvgIpc) is 3.12. The number of amides is 1. The number of alkyl halides is 3. The van der Waals surface area contributed by atoms with E-state index in [-0.39, 0.29) is 24.6 Å². The molecule has 1 aliphatic heterocycles. The Hall–Kier alpha value is -3.15. The average molecular weight is 441 g/mol. The number of nitro groups is 1. The summed E-state index contributed by atoms with van der Waals surface area (Å²) in [4.78, 5) is 26.5. The number of carbonyl (C=O) groups excluding carboxylic acids is 1. The predicted octanol–water partition coefficient (Wildman–Crippen LogP) is 3.06. The zero-order chi connectivity index (χ0) is 22.6. The van der Waals surface area contributed by atoms with Crippen molar-refractivity contribution in [2.24, 2.45) is 0 Å². The second-order valence-corrected chi connectivity index (χ2v) is 7.26. The van der Waals surface area contributed by atoms with E-state index >= 15 is 0 Å². The Balaban J connectivity index is 1.48. The second-order valence-electron chi connectivity index (χ2n) is 7.26. The van der Waals surface area contributed by atoms with E-state index < -0.39 is 22.4 Å². The fourth-order valence-corrected chi connectivity index (χ4v) is 3.34. The van der Waals surface area contributed by atoms with E-state index in [0.717, 1.165) is 23.6 Å². The molecule has 0 bridgehead atoms. The molecule has 1 N–H and O–H groups in total. The Kier molecular flexibility index (Phi) is 6.78. The lowest BCUT2D eigenvalue weighted by molar-refractivity contribution is -0.384. The van der Waals surface area contributed by atoms with Crippen LogP contribution in [0.4, 0.5) is 24.5 Å². The molecular weight excluding hydrogens is 419 g/mol. The van der Waals surface area contributed by atoms with Gasteiger partial charge in [0.15, 0.2) is 5.76 Å². The molecule has 12 heteroatoms. The van der Waals surface area contributed by atoms with Gasteiger partial charge in [0.05, 0.1) is 22.7 Å². The van der Waals surface area contributed by atoms with Crippen LogP contribution in [0.3, 0.4) is 0 Å². The molecule has 0 radical (unpaired) electrons. The molecule has 2 aromatic rings. The molecule has 1 aromatic heterocycles. The quantitative estimate of drug-likeness (QED) is 0.520. The van der Waals surface area contributed by atoms with Gasteiger partial charge in [-0.25, -0.2) is 0 Å². The zero-order valence-electron chi connectivity index (χ0n) is 16.8. The van der Waals surface area contributed by atoms with Crippen molar-refractivity contribution in [3.63, 3.8) is 0 Å². The van der Waals surface area contributed by atoms with Gasteiger partial charge in [-0.3, -0.25) is 19.8 Å². The number of aromatic nitrogens is 1. The molecule has 2 heterocycles. The SMILES string of the molecule is Cc1cc(CN2CCN(C(=O)CCNc3ccc(C(F)(F)F)cc3[N+](=O)[O-])CC2)on1. The number of aryl methyl sites for hydroxylation is 1. The highest BCUT2D eigenvalue weighted by Gasteiger charge is 2.33. The Morgan fingerprint density at radius 3 is 2.55 bits per heavy atom. The van der Waals surface area contributed by atoms with Gasteiger partial charge < -0.3 is 14.7 Å². The van der Waals surface area contributed by atoms with Crippen molar-refractivity contribution in [1.29, 1.82) is 0 Å². The van der Waals surface area contributed by atoms with Crippen LogP contribution in [0, 0.1) is 17.0 Å². The monoisotopic (exact) mass is 441 g/mol. The van der Waals surface area contributed by atoms with E-state index in [1.165, 1.54) is 0 Å². The Morgan fingerprint density at radius 1 is 1.26 bits per heavy atom. The molecule has 0 atom stereocenters. The maximum absolute atomic E-state index is 12.8. The summed E-state index contributed by atoms with van der Waals surface area (Å²) in [5, 5.41) is 17.7. The number of nitrogens with zero attached hydrogens (tertiary/aromatic N) is 4. The minimum absolute atomic E-state index is 0.0574. The lowest BCUT2D eigenvalue weighted by atomic mass is 10.1. The third-order valence-electron chi connectivity index (χ3n) is 4.96. The fraction of sp³-hybridized carbons (Fsp3) is 0.474. The summed E-state index contributed by atoms with van der Waals surface area (Å²) in [6.07, 6.45) is -4.60. The highest BCUT2D eigenvalue weighted by Crippen LogP contribution is 2.34. The number of nitro benzene ring substituents is 1. The third kappa shape index (κ3) is 5.94. The van der Waals surface area contributed by atoms with Gasteiger partial charge in [-0.1, -0.05) is 5.16 Å². The molecule has 9 nitrogen and oxygen atoms in total. The van der Waals surface area contributed by atoms with Crippen LogP contribution in [0.5, 0.6) is 0 Å². The first-order chi connectivity index (χ1) is 14.6. The molecule has 1 saturated heterocycles. The van der Waals surface area contributed by atoms with Gasteiger partial charge in [-0.05, 0) is 19.1 Å².